The molecule has 2 aromatic rings. The summed E-state index contributed by atoms with van der Waals surface area (Å²) >= 11 is 3.40. The number of fused-ring (bicyclic) bond motifs is 1. The zero-order valence-electron chi connectivity index (χ0n) is 13.8. The summed E-state index contributed by atoms with van der Waals surface area (Å²) in [6.07, 6.45) is -0.533. The summed E-state index contributed by atoms with van der Waals surface area (Å²) in [5, 5.41) is 5.47. The first-order valence-corrected chi connectivity index (χ1v) is 8.52. The van der Waals surface area contributed by atoms with Crippen molar-refractivity contribution in [3.8, 4) is 11.5 Å². The molecule has 0 fully saturated rings. The Morgan fingerprint density at radius 2 is 2.12 bits per heavy atom. The number of nitrogens with one attached hydrogen (secondary N) is 2. The molecule has 0 saturated heterocycles. The number of ether oxygens (including phenoxy) is 2. The van der Waals surface area contributed by atoms with E-state index >= 15 is 0 Å². The minimum Gasteiger partial charge on any atom is -0.483 e. The van der Waals surface area contributed by atoms with Crippen LogP contribution in [0.1, 0.15) is 12.5 Å². The van der Waals surface area contributed by atoms with Crippen LogP contribution in [0.3, 0.4) is 0 Å². The maximum Gasteiger partial charge on any atom is 0.265 e. The number of benzene rings is 2. The Bertz CT molecular complexity index is 838. The Labute approximate surface area is 153 Å². The first kappa shape index (κ1) is 17.3. The molecule has 7 heteroatoms. The van der Waals surface area contributed by atoms with Gasteiger partial charge in [0.15, 0.2) is 12.7 Å². The molecule has 1 aliphatic rings. The topological polar surface area (TPSA) is 76.7 Å². The fourth-order valence-electron chi connectivity index (χ4n) is 2.35. The zero-order valence-corrected chi connectivity index (χ0v) is 15.3. The molecule has 0 unspecified atom stereocenters. The monoisotopic (exact) mass is 404 g/mol. The molecule has 1 atom stereocenters. The van der Waals surface area contributed by atoms with Gasteiger partial charge in [0.25, 0.3) is 11.8 Å². The van der Waals surface area contributed by atoms with Gasteiger partial charge in [0.2, 0.25) is 0 Å². The quantitative estimate of drug-likeness (QED) is 0.817. The number of carbonyl (C=O) groups is 2. The lowest BCUT2D eigenvalue weighted by Crippen LogP contribution is -2.34. The summed E-state index contributed by atoms with van der Waals surface area (Å²) in [4.78, 5) is 23.7. The van der Waals surface area contributed by atoms with Crippen LogP contribution in [0.4, 0.5) is 11.4 Å². The number of aryl methyl sites for hydroxylation is 1. The first-order chi connectivity index (χ1) is 11.9. The van der Waals surface area contributed by atoms with Gasteiger partial charge in [-0.25, -0.2) is 0 Å². The molecule has 2 N–H and O–H groups in total. The van der Waals surface area contributed by atoms with Gasteiger partial charge < -0.3 is 20.1 Å². The second kappa shape index (κ2) is 7.14. The Balaban J connectivity index is 1.61. The van der Waals surface area contributed by atoms with E-state index in [1.165, 1.54) is 0 Å². The van der Waals surface area contributed by atoms with Gasteiger partial charge in [0.05, 0.1) is 10.2 Å². The second-order valence-corrected chi connectivity index (χ2v) is 6.59. The van der Waals surface area contributed by atoms with Crippen LogP contribution < -0.4 is 20.1 Å². The van der Waals surface area contributed by atoms with E-state index in [9.17, 15) is 9.59 Å². The van der Waals surface area contributed by atoms with Crippen LogP contribution in [0.15, 0.2) is 40.9 Å². The van der Waals surface area contributed by atoms with Crippen molar-refractivity contribution in [1.29, 1.82) is 0 Å². The van der Waals surface area contributed by atoms with Crippen LogP contribution in [0.2, 0.25) is 0 Å². The normalized spacial score (nSPS) is 15.6. The van der Waals surface area contributed by atoms with Gasteiger partial charge in [-0.2, -0.15) is 0 Å². The first-order valence-electron chi connectivity index (χ1n) is 7.73. The van der Waals surface area contributed by atoms with Gasteiger partial charge in [-0.1, -0.05) is 6.07 Å². The van der Waals surface area contributed by atoms with Crippen molar-refractivity contribution in [3.05, 3.63) is 46.4 Å². The van der Waals surface area contributed by atoms with Gasteiger partial charge in [-0.05, 0) is 65.7 Å². The maximum absolute atomic E-state index is 12.1. The maximum atomic E-state index is 12.1. The summed E-state index contributed by atoms with van der Waals surface area (Å²) in [5.74, 6) is 0.651. The minimum absolute atomic E-state index is 0.126. The standard InChI is InChI=1S/C18H17BrN2O4/c1-10-3-5-15(13(19)7-10)24-9-17(22)20-12-4-6-16-14(8-12)21-18(23)11(2)25-16/h3-8,11H,9H2,1-2H3,(H,20,22)(H,21,23)/t11-/m0/s1. The van der Waals surface area contributed by atoms with Crippen LogP contribution in [0, 0.1) is 6.92 Å². The van der Waals surface area contributed by atoms with Gasteiger partial charge >= 0.3 is 0 Å². The molecule has 0 radical (unpaired) electrons. The summed E-state index contributed by atoms with van der Waals surface area (Å²) in [7, 11) is 0. The van der Waals surface area contributed by atoms with Crippen LogP contribution >= 0.6 is 15.9 Å². The van der Waals surface area contributed by atoms with Gasteiger partial charge in [-0.3, -0.25) is 9.59 Å². The lowest BCUT2D eigenvalue weighted by atomic mass is 10.2. The molecule has 25 heavy (non-hydrogen) atoms. The van der Waals surface area contributed by atoms with Crippen molar-refractivity contribution >= 4 is 39.1 Å². The van der Waals surface area contributed by atoms with Crippen molar-refractivity contribution in [1.82, 2.24) is 0 Å². The van der Waals surface area contributed by atoms with E-state index in [0.717, 1.165) is 10.0 Å². The number of carbonyl (C=O) groups excluding carboxylic acids is 2. The highest BCUT2D eigenvalue weighted by molar-refractivity contribution is 9.10. The molecule has 0 aliphatic carbocycles. The molecule has 3 rings (SSSR count). The van der Waals surface area contributed by atoms with Crippen LogP contribution in [-0.4, -0.2) is 24.5 Å². The predicted octanol–water partition coefficient (Wildman–Crippen LogP) is 3.49. The molecule has 2 aromatic carbocycles. The third kappa shape index (κ3) is 4.11. The highest BCUT2D eigenvalue weighted by Crippen LogP contribution is 2.32. The summed E-state index contributed by atoms with van der Waals surface area (Å²) < 4.78 is 11.8. The van der Waals surface area contributed by atoms with E-state index < -0.39 is 6.10 Å². The van der Waals surface area contributed by atoms with E-state index in [0.29, 0.717) is 22.9 Å². The number of anilines is 2. The van der Waals surface area contributed by atoms with Crippen LogP contribution in [0.25, 0.3) is 0 Å². The van der Waals surface area contributed by atoms with Crippen molar-refractivity contribution in [2.24, 2.45) is 0 Å². The van der Waals surface area contributed by atoms with Gasteiger partial charge in [0, 0.05) is 5.69 Å². The molecule has 2 amide bonds. The number of hydrogen-bond acceptors (Lipinski definition) is 4. The third-order valence-corrected chi connectivity index (χ3v) is 4.26. The van der Waals surface area contributed by atoms with E-state index in [2.05, 4.69) is 26.6 Å². The van der Waals surface area contributed by atoms with E-state index in [1.807, 2.05) is 19.1 Å². The predicted molar refractivity (Wildman–Crippen MR) is 98.2 cm³/mol. The van der Waals surface area contributed by atoms with Crippen LogP contribution in [-0.2, 0) is 9.59 Å². The number of amides is 2. The summed E-state index contributed by atoms with van der Waals surface area (Å²) in [6.45, 7) is 3.52. The SMILES string of the molecule is Cc1ccc(OCC(=O)Nc2ccc3c(c2)NC(=O)[C@H](C)O3)c(Br)c1. The molecule has 0 spiro atoms. The number of rotatable bonds is 4. The Hall–Kier alpha value is -2.54. The molecule has 130 valence electrons. The average Bonchev–Trinajstić information content (AvgIpc) is 2.55. The summed E-state index contributed by atoms with van der Waals surface area (Å²) in [6, 6.07) is 10.7. The highest BCUT2D eigenvalue weighted by Gasteiger charge is 2.23. The number of hydrogen-bond donors (Lipinski definition) is 2. The second-order valence-electron chi connectivity index (χ2n) is 5.73. The third-order valence-electron chi connectivity index (χ3n) is 3.64. The van der Waals surface area contributed by atoms with E-state index in [1.54, 1.807) is 31.2 Å². The van der Waals surface area contributed by atoms with E-state index in [4.69, 9.17) is 9.47 Å². The fourth-order valence-corrected chi connectivity index (χ4v) is 2.96. The molecular weight excluding hydrogens is 388 g/mol. The van der Waals surface area contributed by atoms with Crippen molar-refractivity contribution in [3.63, 3.8) is 0 Å². The van der Waals surface area contributed by atoms with Crippen molar-refractivity contribution in [2.75, 3.05) is 17.2 Å². The van der Waals surface area contributed by atoms with Gasteiger partial charge in [-0.15, -0.1) is 0 Å². The molecule has 1 aliphatic heterocycles. The minimum atomic E-state index is -0.533. The van der Waals surface area contributed by atoms with E-state index in [-0.39, 0.29) is 18.4 Å². The molecular formula is C18H17BrN2O4. The Kier molecular flexibility index (Phi) is 4.94. The zero-order chi connectivity index (χ0) is 18.0. The molecule has 6 nitrogen and oxygen atoms in total. The largest absolute Gasteiger partial charge is 0.483 e. The molecule has 1 heterocycles. The fraction of sp³-hybridized carbons (Fsp3) is 0.222. The van der Waals surface area contributed by atoms with Crippen molar-refractivity contribution in [2.45, 2.75) is 20.0 Å². The summed E-state index contributed by atoms with van der Waals surface area (Å²) in [5.41, 5.74) is 2.17. The van der Waals surface area contributed by atoms with Crippen LogP contribution in [0.5, 0.6) is 11.5 Å². The molecule has 0 saturated carbocycles. The lowest BCUT2D eigenvalue weighted by Gasteiger charge is -2.23. The highest BCUT2D eigenvalue weighted by atomic mass is 79.9. The Morgan fingerprint density at radius 3 is 2.88 bits per heavy atom. The average molecular weight is 405 g/mol. The van der Waals surface area contributed by atoms with Gasteiger partial charge in [0.1, 0.15) is 11.5 Å². The molecule has 0 aromatic heterocycles. The van der Waals surface area contributed by atoms with Crippen molar-refractivity contribution < 1.29 is 19.1 Å². The smallest absolute Gasteiger partial charge is 0.265 e. The number of halogens is 1. The Morgan fingerprint density at radius 1 is 1.32 bits per heavy atom. The lowest BCUT2D eigenvalue weighted by molar-refractivity contribution is -0.122. The molecule has 0 bridgehead atoms.